The summed E-state index contributed by atoms with van der Waals surface area (Å²) in [5.74, 6) is -0.341. The molecular formula is C25H22ClN3O3. The van der Waals surface area contributed by atoms with Gasteiger partial charge in [-0.25, -0.2) is 4.79 Å². The van der Waals surface area contributed by atoms with Gasteiger partial charge in [-0.15, -0.1) is 0 Å². The summed E-state index contributed by atoms with van der Waals surface area (Å²) in [6.45, 7) is 3.69. The van der Waals surface area contributed by atoms with Crippen molar-refractivity contribution in [3.8, 4) is 0 Å². The summed E-state index contributed by atoms with van der Waals surface area (Å²) < 4.78 is 2.49. The average molecular weight is 448 g/mol. The molecule has 1 N–H and O–H groups in total. The molecule has 4 aromatic rings. The highest BCUT2D eigenvalue weighted by Crippen LogP contribution is 2.19. The summed E-state index contributed by atoms with van der Waals surface area (Å²) in [6.07, 6.45) is 0. The fourth-order valence-corrected chi connectivity index (χ4v) is 3.90. The van der Waals surface area contributed by atoms with Gasteiger partial charge in [0, 0.05) is 10.7 Å². The van der Waals surface area contributed by atoms with Crippen LogP contribution in [0.15, 0.2) is 76.3 Å². The summed E-state index contributed by atoms with van der Waals surface area (Å²) >= 11 is 5.95. The van der Waals surface area contributed by atoms with Crippen molar-refractivity contribution >= 4 is 34.1 Å². The van der Waals surface area contributed by atoms with E-state index in [0.717, 1.165) is 26.9 Å². The van der Waals surface area contributed by atoms with Crippen LogP contribution in [0.3, 0.4) is 0 Å². The Morgan fingerprint density at radius 3 is 2.22 bits per heavy atom. The Balaban J connectivity index is 1.76. The highest BCUT2D eigenvalue weighted by atomic mass is 35.5. The number of aromatic nitrogens is 2. The molecule has 0 unspecified atom stereocenters. The van der Waals surface area contributed by atoms with Crippen LogP contribution in [0, 0.1) is 13.8 Å². The van der Waals surface area contributed by atoms with E-state index >= 15 is 0 Å². The molecule has 0 saturated carbocycles. The number of fused-ring (bicyclic) bond motifs is 1. The number of rotatable bonds is 5. The lowest BCUT2D eigenvalue weighted by molar-refractivity contribution is -0.116. The molecule has 1 heterocycles. The Morgan fingerprint density at radius 1 is 0.875 bits per heavy atom. The van der Waals surface area contributed by atoms with Gasteiger partial charge in [-0.3, -0.25) is 18.7 Å². The molecule has 3 aromatic carbocycles. The highest BCUT2D eigenvalue weighted by Gasteiger charge is 2.16. The number of carbonyl (C=O) groups is 1. The number of hydrogen-bond donors (Lipinski definition) is 1. The quantitative estimate of drug-likeness (QED) is 0.500. The van der Waals surface area contributed by atoms with Gasteiger partial charge in [0.15, 0.2) is 0 Å². The third-order valence-corrected chi connectivity index (χ3v) is 5.69. The molecule has 0 aliphatic heterocycles. The molecule has 0 saturated heterocycles. The molecular weight excluding hydrogens is 426 g/mol. The predicted molar refractivity (Wildman–Crippen MR) is 128 cm³/mol. The lowest BCUT2D eigenvalue weighted by atomic mass is 10.1. The van der Waals surface area contributed by atoms with Crippen LogP contribution < -0.4 is 16.6 Å². The highest BCUT2D eigenvalue weighted by molar-refractivity contribution is 6.30. The second kappa shape index (κ2) is 8.85. The third-order valence-electron chi connectivity index (χ3n) is 5.43. The van der Waals surface area contributed by atoms with Crippen molar-refractivity contribution in [1.29, 1.82) is 0 Å². The Morgan fingerprint density at radius 2 is 1.53 bits per heavy atom. The predicted octanol–water partition coefficient (Wildman–Crippen LogP) is 4.12. The van der Waals surface area contributed by atoms with Crippen LogP contribution in [0.4, 0.5) is 5.69 Å². The van der Waals surface area contributed by atoms with E-state index < -0.39 is 11.2 Å². The van der Waals surface area contributed by atoms with Gasteiger partial charge < -0.3 is 5.32 Å². The van der Waals surface area contributed by atoms with E-state index in [2.05, 4.69) is 5.32 Å². The Kier molecular flexibility index (Phi) is 5.97. The Bertz CT molecular complexity index is 1420. The van der Waals surface area contributed by atoms with Gasteiger partial charge in [0.2, 0.25) is 5.91 Å². The second-order valence-electron chi connectivity index (χ2n) is 7.72. The Hall–Kier alpha value is -3.64. The SMILES string of the molecule is Cc1cccc(C)c1NC(=O)Cn1c(=O)n(Cc2ccc(Cl)cc2)c(=O)c2ccccc21. The summed E-state index contributed by atoms with van der Waals surface area (Å²) in [4.78, 5) is 39.3. The standard InChI is InChI=1S/C25H22ClN3O3/c1-16-6-5-7-17(2)23(16)27-22(30)15-28-21-9-4-3-8-20(21)24(31)29(25(28)32)14-18-10-12-19(26)13-11-18/h3-13H,14-15H2,1-2H3,(H,27,30). The molecule has 162 valence electrons. The smallest absolute Gasteiger partial charge is 0.324 e. The van der Waals surface area contributed by atoms with Gasteiger partial charge >= 0.3 is 5.69 Å². The molecule has 6 nitrogen and oxygen atoms in total. The second-order valence-corrected chi connectivity index (χ2v) is 8.16. The van der Waals surface area contributed by atoms with Crippen molar-refractivity contribution in [3.63, 3.8) is 0 Å². The average Bonchev–Trinajstić information content (AvgIpc) is 2.78. The van der Waals surface area contributed by atoms with Crippen LogP contribution in [-0.2, 0) is 17.9 Å². The molecule has 7 heteroatoms. The van der Waals surface area contributed by atoms with Crippen LogP contribution in [0.5, 0.6) is 0 Å². The molecule has 0 aliphatic rings. The normalized spacial score (nSPS) is 11.0. The number of carbonyl (C=O) groups excluding carboxylic acids is 1. The van der Waals surface area contributed by atoms with Crippen molar-refractivity contribution in [1.82, 2.24) is 9.13 Å². The van der Waals surface area contributed by atoms with E-state index in [0.29, 0.717) is 15.9 Å². The molecule has 0 atom stereocenters. The number of hydrogen-bond acceptors (Lipinski definition) is 3. The number of amides is 1. The first kappa shape index (κ1) is 21.6. The van der Waals surface area contributed by atoms with E-state index in [4.69, 9.17) is 11.6 Å². The summed E-state index contributed by atoms with van der Waals surface area (Å²) in [5.41, 5.74) is 2.84. The molecule has 4 rings (SSSR count). The molecule has 1 aromatic heterocycles. The fraction of sp³-hybridized carbons (Fsp3) is 0.160. The first-order chi connectivity index (χ1) is 15.3. The van der Waals surface area contributed by atoms with E-state index in [9.17, 15) is 14.4 Å². The van der Waals surface area contributed by atoms with Crippen LogP contribution in [0.1, 0.15) is 16.7 Å². The van der Waals surface area contributed by atoms with Crippen molar-refractivity contribution in [2.24, 2.45) is 0 Å². The Labute approximate surface area is 189 Å². The molecule has 1 amide bonds. The number of halogens is 1. The minimum absolute atomic E-state index is 0.0815. The number of nitrogens with zero attached hydrogens (tertiary/aromatic N) is 2. The topological polar surface area (TPSA) is 73.1 Å². The number of anilines is 1. The van der Waals surface area contributed by atoms with E-state index in [1.165, 1.54) is 4.57 Å². The van der Waals surface area contributed by atoms with Crippen LogP contribution in [-0.4, -0.2) is 15.0 Å². The lowest BCUT2D eigenvalue weighted by Gasteiger charge is -2.15. The summed E-state index contributed by atoms with van der Waals surface area (Å²) in [7, 11) is 0. The zero-order valence-corrected chi connectivity index (χ0v) is 18.5. The van der Waals surface area contributed by atoms with Gasteiger partial charge in [-0.1, -0.05) is 54.1 Å². The molecule has 0 spiro atoms. The van der Waals surface area contributed by atoms with E-state index in [-0.39, 0.29) is 19.0 Å². The number of aryl methyl sites for hydroxylation is 2. The van der Waals surface area contributed by atoms with Crippen molar-refractivity contribution in [3.05, 3.63) is 109 Å². The zero-order valence-electron chi connectivity index (χ0n) is 17.8. The maximum atomic E-state index is 13.3. The van der Waals surface area contributed by atoms with Crippen molar-refractivity contribution in [2.45, 2.75) is 26.9 Å². The monoisotopic (exact) mass is 447 g/mol. The van der Waals surface area contributed by atoms with Gasteiger partial charge in [0.25, 0.3) is 5.56 Å². The zero-order chi connectivity index (χ0) is 22.8. The maximum absolute atomic E-state index is 13.3. The van der Waals surface area contributed by atoms with Crippen molar-refractivity contribution in [2.75, 3.05) is 5.32 Å². The minimum Gasteiger partial charge on any atom is -0.324 e. The number of benzene rings is 3. The minimum atomic E-state index is -0.541. The number of para-hydroxylation sites is 2. The summed E-state index contributed by atoms with van der Waals surface area (Å²) in [6, 6.07) is 19.5. The van der Waals surface area contributed by atoms with Gasteiger partial charge in [-0.05, 0) is 54.8 Å². The maximum Gasteiger partial charge on any atom is 0.332 e. The van der Waals surface area contributed by atoms with Crippen LogP contribution in [0.25, 0.3) is 10.9 Å². The van der Waals surface area contributed by atoms with Gasteiger partial charge in [0.05, 0.1) is 17.4 Å². The van der Waals surface area contributed by atoms with E-state index in [1.807, 2.05) is 32.0 Å². The molecule has 32 heavy (non-hydrogen) atoms. The lowest BCUT2D eigenvalue weighted by Crippen LogP contribution is -2.42. The molecule has 0 bridgehead atoms. The molecule has 0 fully saturated rings. The van der Waals surface area contributed by atoms with Gasteiger partial charge in [0.1, 0.15) is 6.54 Å². The summed E-state index contributed by atoms with van der Waals surface area (Å²) in [5, 5.41) is 3.85. The van der Waals surface area contributed by atoms with Crippen molar-refractivity contribution < 1.29 is 4.79 Å². The van der Waals surface area contributed by atoms with Gasteiger partial charge in [-0.2, -0.15) is 0 Å². The fourth-order valence-electron chi connectivity index (χ4n) is 3.77. The number of nitrogens with one attached hydrogen (secondary N) is 1. The van der Waals surface area contributed by atoms with Crippen LogP contribution >= 0.6 is 11.6 Å². The largest absolute Gasteiger partial charge is 0.332 e. The first-order valence-corrected chi connectivity index (χ1v) is 10.6. The molecule has 0 radical (unpaired) electrons. The molecule has 0 aliphatic carbocycles. The van der Waals surface area contributed by atoms with E-state index in [1.54, 1.807) is 48.5 Å². The van der Waals surface area contributed by atoms with Crippen LogP contribution in [0.2, 0.25) is 5.02 Å². The first-order valence-electron chi connectivity index (χ1n) is 10.2. The third kappa shape index (κ3) is 4.22.